The lowest BCUT2D eigenvalue weighted by Gasteiger charge is -2.40. The predicted octanol–water partition coefficient (Wildman–Crippen LogP) is 1.35. The Bertz CT molecular complexity index is 340. The van der Waals surface area contributed by atoms with Gasteiger partial charge in [-0.05, 0) is 24.7 Å². The van der Waals surface area contributed by atoms with E-state index in [0.29, 0.717) is 6.54 Å². The molecule has 0 aromatic carbocycles. The highest BCUT2D eigenvalue weighted by Gasteiger charge is 2.38. The first kappa shape index (κ1) is 15.8. The molecule has 0 aromatic rings. The van der Waals surface area contributed by atoms with Crippen LogP contribution >= 0.6 is 0 Å². The van der Waals surface area contributed by atoms with Crippen LogP contribution in [0.4, 0.5) is 4.79 Å². The molecule has 2 amide bonds. The van der Waals surface area contributed by atoms with Gasteiger partial charge in [0.05, 0.1) is 5.60 Å². The average Bonchev–Trinajstić information content (AvgIpc) is 2.23. The molecule has 0 radical (unpaired) electrons. The average molecular weight is 272 g/mol. The highest BCUT2D eigenvalue weighted by molar-refractivity contribution is 5.83. The third kappa shape index (κ3) is 4.09. The molecule has 0 aromatic heterocycles. The maximum atomic E-state index is 11.8. The van der Waals surface area contributed by atoms with E-state index >= 15 is 0 Å². The summed E-state index contributed by atoms with van der Waals surface area (Å²) < 4.78 is 5.39. The number of ether oxygens (including phenoxy) is 1. The van der Waals surface area contributed by atoms with Crippen molar-refractivity contribution in [3.63, 3.8) is 0 Å². The minimum absolute atomic E-state index is 0.266. The summed E-state index contributed by atoms with van der Waals surface area (Å²) in [6.07, 6.45) is 2.94. The third-order valence-corrected chi connectivity index (χ3v) is 3.66. The first-order valence-electron chi connectivity index (χ1n) is 6.52. The molecule has 110 valence electrons. The number of carbonyl (C=O) groups is 2. The van der Waals surface area contributed by atoms with Gasteiger partial charge in [-0.2, -0.15) is 0 Å². The molecule has 1 rings (SSSR count). The molecule has 0 bridgehead atoms. The molecule has 6 nitrogen and oxygen atoms in total. The molecule has 1 aliphatic carbocycles. The van der Waals surface area contributed by atoms with Crippen molar-refractivity contribution < 1.29 is 19.4 Å². The SMILES string of the molecule is COC1(CNC(=O)N[C@@H](C(=O)O)C(C)(C)C)CCC1. The monoisotopic (exact) mass is 272 g/mol. The molecule has 0 saturated heterocycles. The molecule has 0 aliphatic heterocycles. The number of amides is 2. The molecular formula is C13H24N2O4. The second-order valence-corrected chi connectivity index (χ2v) is 6.20. The topological polar surface area (TPSA) is 87.7 Å². The fourth-order valence-corrected chi connectivity index (χ4v) is 2.10. The summed E-state index contributed by atoms with van der Waals surface area (Å²) >= 11 is 0. The van der Waals surface area contributed by atoms with Crippen LogP contribution in [0.1, 0.15) is 40.0 Å². The summed E-state index contributed by atoms with van der Waals surface area (Å²) in [5.74, 6) is -1.03. The molecule has 0 heterocycles. The molecule has 1 saturated carbocycles. The molecule has 0 unspecified atom stereocenters. The van der Waals surface area contributed by atoms with Gasteiger partial charge in [-0.15, -0.1) is 0 Å². The number of nitrogens with one attached hydrogen (secondary N) is 2. The van der Waals surface area contributed by atoms with Crippen LogP contribution < -0.4 is 10.6 Å². The normalized spacial score (nSPS) is 19.2. The summed E-state index contributed by atoms with van der Waals surface area (Å²) in [5, 5.41) is 14.3. The Kier molecular flexibility index (Phi) is 4.79. The van der Waals surface area contributed by atoms with Crippen molar-refractivity contribution >= 4 is 12.0 Å². The van der Waals surface area contributed by atoms with E-state index < -0.39 is 23.5 Å². The van der Waals surface area contributed by atoms with E-state index in [1.54, 1.807) is 27.9 Å². The van der Waals surface area contributed by atoms with Gasteiger partial charge in [0.1, 0.15) is 6.04 Å². The van der Waals surface area contributed by atoms with Gasteiger partial charge >= 0.3 is 12.0 Å². The van der Waals surface area contributed by atoms with E-state index in [1.165, 1.54) is 0 Å². The maximum absolute atomic E-state index is 11.8. The van der Waals surface area contributed by atoms with Gasteiger partial charge in [-0.3, -0.25) is 0 Å². The Morgan fingerprint density at radius 2 is 1.95 bits per heavy atom. The molecular weight excluding hydrogens is 248 g/mol. The van der Waals surface area contributed by atoms with Crippen LogP contribution in [-0.4, -0.2) is 42.4 Å². The number of carbonyl (C=O) groups excluding carboxylic acids is 1. The standard InChI is InChI=1S/C13H24N2O4/c1-12(2,3)9(10(16)17)15-11(18)14-8-13(19-4)6-5-7-13/h9H,5-8H2,1-4H3,(H,16,17)(H2,14,15,18)/t9-/m0/s1. The number of aliphatic carboxylic acids is 1. The van der Waals surface area contributed by atoms with Gasteiger partial charge in [0, 0.05) is 13.7 Å². The van der Waals surface area contributed by atoms with Crippen molar-refractivity contribution in [3.8, 4) is 0 Å². The van der Waals surface area contributed by atoms with Gasteiger partial charge in [-0.1, -0.05) is 20.8 Å². The van der Waals surface area contributed by atoms with E-state index in [-0.39, 0.29) is 5.60 Å². The molecule has 1 fully saturated rings. The Hall–Kier alpha value is -1.30. The number of rotatable bonds is 5. The fraction of sp³-hybridized carbons (Fsp3) is 0.846. The molecule has 19 heavy (non-hydrogen) atoms. The summed E-state index contributed by atoms with van der Waals surface area (Å²) in [6.45, 7) is 5.73. The van der Waals surface area contributed by atoms with Gasteiger partial charge in [0.2, 0.25) is 0 Å². The van der Waals surface area contributed by atoms with Crippen molar-refractivity contribution in [2.45, 2.75) is 51.7 Å². The van der Waals surface area contributed by atoms with E-state index in [2.05, 4.69) is 10.6 Å². The first-order valence-corrected chi connectivity index (χ1v) is 6.52. The lowest BCUT2D eigenvalue weighted by molar-refractivity contribution is -0.141. The van der Waals surface area contributed by atoms with Crippen LogP contribution in [0, 0.1) is 5.41 Å². The van der Waals surface area contributed by atoms with Crippen molar-refractivity contribution in [2.75, 3.05) is 13.7 Å². The minimum Gasteiger partial charge on any atom is -0.480 e. The fourth-order valence-electron chi connectivity index (χ4n) is 2.10. The zero-order chi connectivity index (χ0) is 14.7. The zero-order valence-electron chi connectivity index (χ0n) is 12.1. The van der Waals surface area contributed by atoms with E-state index in [1.807, 2.05) is 0 Å². The lowest BCUT2D eigenvalue weighted by atomic mass is 9.80. The van der Waals surface area contributed by atoms with Crippen LogP contribution in [0.2, 0.25) is 0 Å². The predicted molar refractivity (Wildman–Crippen MR) is 71.0 cm³/mol. The smallest absolute Gasteiger partial charge is 0.326 e. The second kappa shape index (κ2) is 5.77. The van der Waals surface area contributed by atoms with Crippen molar-refractivity contribution in [1.82, 2.24) is 10.6 Å². The number of hydrogen-bond acceptors (Lipinski definition) is 3. The maximum Gasteiger partial charge on any atom is 0.326 e. The number of methoxy groups -OCH3 is 1. The molecule has 6 heteroatoms. The van der Waals surface area contributed by atoms with Gasteiger partial charge in [0.25, 0.3) is 0 Å². The third-order valence-electron chi connectivity index (χ3n) is 3.66. The van der Waals surface area contributed by atoms with E-state index in [0.717, 1.165) is 19.3 Å². The first-order chi connectivity index (χ1) is 8.70. The Morgan fingerprint density at radius 1 is 1.37 bits per heavy atom. The Labute approximate surface area is 113 Å². The van der Waals surface area contributed by atoms with Crippen molar-refractivity contribution in [2.24, 2.45) is 5.41 Å². The van der Waals surface area contributed by atoms with Crippen molar-refractivity contribution in [1.29, 1.82) is 0 Å². The summed E-state index contributed by atoms with van der Waals surface area (Å²) in [6, 6.07) is -1.39. The van der Waals surface area contributed by atoms with Crippen LogP contribution in [0.3, 0.4) is 0 Å². The second-order valence-electron chi connectivity index (χ2n) is 6.20. The van der Waals surface area contributed by atoms with Gasteiger partial charge in [0.15, 0.2) is 0 Å². The number of carboxylic acids is 1. The van der Waals surface area contributed by atoms with E-state index in [9.17, 15) is 9.59 Å². The van der Waals surface area contributed by atoms with Crippen LogP contribution in [-0.2, 0) is 9.53 Å². The van der Waals surface area contributed by atoms with Gasteiger partial charge < -0.3 is 20.5 Å². The van der Waals surface area contributed by atoms with Crippen LogP contribution in [0.15, 0.2) is 0 Å². The van der Waals surface area contributed by atoms with Crippen molar-refractivity contribution in [3.05, 3.63) is 0 Å². The summed E-state index contributed by atoms with van der Waals surface area (Å²) in [4.78, 5) is 22.9. The van der Waals surface area contributed by atoms with Crippen LogP contribution in [0.5, 0.6) is 0 Å². The number of hydrogen-bond donors (Lipinski definition) is 3. The molecule has 3 N–H and O–H groups in total. The summed E-state index contributed by atoms with van der Waals surface area (Å²) in [5.41, 5.74) is -0.809. The van der Waals surface area contributed by atoms with E-state index in [4.69, 9.17) is 9.84 Å². The molecule has 0 spiro atoms. The van der Waals surface area contributed by atoms with Crippen LogP contribution in [0.25, 0.3) is 0 Å². The quantitative estimate of drug-likeness (QED) is 0.705. The molecule has 1 atom stereocenters. The Morgan fingerprint density at radius 3 is 2.26 bits per heavy atom. The zero-order valence-corrected chi connectivity index (χ0v) is 12.1. The summed E-state index contributed by atoms with van der Waals surface area (Å²) in [7, 11) is 1.63. The van der Waals surface area contributed by atoms with Gasteiger partial charge in [-0.25, -0.2) is 9.59 Å². The lowest BCUT2D eigenvalue weighted by Crippen LogP contribution is -2.56. The number of carboxylic acid groups (broad SMARTS) is 1. The largest absolute Gasteiger partial charge is 0.480 e. The number of urea groups is 1. The minimum atomic E-state index is -1.03. The highest BCUT2D eigenvalue weighted by Crippen LogP contribution is 2.34. The Balaban J connectivity index is 2.47. The molecule has 1 aliphatic rings. The highest BCUT2D eigenvalue weighted by atomic mass is 16.5.